The summed E-state index contributed by atoms with van der Waals surface area (Å²) < 4.78 is 0. The third-order valence-corrected chi connectivity index (χ3v) is 11.7. The van der Waals surface area contributed by atoms with Crippen molar-refractivity contribution in [3.8, 4) is 0 Å². The third kappa shape index (κ3) is 144. The monoisotopic (exact) mass is 913 g/mol. The zero-order chi connectivity index (χ0) is 49.9. The molecule has 0 bridgehead atoms. The Balaban J connectivity index is -0.0000000933. The molecule has 0 heterocycles. The van der Waals surface area contributed by atoms with E-state index in [4.69, 9.17) is 0 Å². The summed E-state index contributed by atoms with van der Waals surface area (Å²) in [5.74, 6) is 0. The molecule has 0 aromatic rings. The van der Waals surface area contributed by atoms with Crippen LogP contribution in [0.5, 0.6) is 0 Å². The Kier molecular flexibility index (Phi) is 133. The normalized spacial score (nSPS) is 9.75. The molecule has 0 nitrogen and oxygen atoms in total. The molecule has 0 saturated carbocycles. The van der Waals surface area contributed by atoms with Gasteiger partial charge in [0.25, 0.3) is 0 Å². The van der Waals surface area contributed by atoms with E-state index in [1.807, 2.05) is 0 Å². The average Bonchev–Trinajstić information content (AvgIpc) is 3.32. The molecule has 0 rings (SSSR count). The van der Waals surface area contributed by atoms with Gasteiger partial charge in [-0.1, -0.05) is 419 Å². The van der Waals surface area contributed by atoms with Gasteiger partial charge in [-0.2, -0.15) is 0 Å². The zero-order valence-corrected chi connectivity index (χ0v) is 49.9. The van der Waals surface area contributed by atoms with Crippen LogP contribution in [0.25, 0.3) is 0 Å². The summed E-state index contributed by atoms with van der Waals surface area (Å²) in [7, 11) is 0. The Morgan fingerprint density at radius 2 is 0.125 bits per heavy atom. The largest absolute Gasteiger partial charge is 0.0654 e. The van der Waals surface area contributed by atoms with Crippen LogP contribution in [-0.4, -0.2) is 0 Å². The Morgan fingerprint density at radius 1 is 0.0781 bits per heavy atom. The highest BCUT2D eigenvalue weighted by Gasteiger charge is 1.88. The topological polar surface area (TPSA) is 0 Å². The minimum Gasteiger partial charge on any atom is -0.0654 e. The molecule has 0 aromatic heterocycles. The Bertz CT molecular complexity index is 344. The van der Waals surface area contributed by atoms with E-state index >= 15 is 0 Å². The number of hydrogen-bond acceptors (Lipinski definition) is 0. The van der Waals surface area contributed by atoms with Crippen molar-refractivity contribution in [1.29, 1.82) is 0 Å². The van der Waals surface area contributed by atoms with Crippen LogP contribution in [0.3, 0.4) is 0 Å². The first-order valence-electron chi connectivity index (χ1n) is 31.3. The van der Waals surface area contributed by atoms with Gasteiger partial charge in [-0.15, -0.1) is 0 Å². The third-order valence-electron chi connectivity index (χ3n) is 11.7. The van der Waals surface area contributed by atoms with Gasteiger partial charge in [-0.3, -0.25) is 0 Å². The van der Waals surface area contributed by atoms with Gasteiger partial charge in [0.15, 0.2) is 0 Å². The summed E-state index contributed by atoms with van der Waals surface area (Å²) in [6.45, 7) is 36.1. The van der Waals surface area contributed by atoms with Gasteiger partial charge in [0.1, 0.15) is 0 Å². The molecular formula is C64H144. The van der Waals surface area contributed by atoms with E-state index in [1.165, 1.54) is 308 Å². The summed E-state index contributed by atoms with van der Waals surface area (Å²) in [6, 6.07) is 0. The lowest BCUT2D eigenvalue weighted by Crippen LogP contribution is -1.73. The lowest BCUT2D eigenvalue weighted by molar-refractivity contribution is 0.624. The van der Waals surface area contributed by atoms with Crippen molar-refractivity contribution in [1.82, 2.24) is 0 Å². The van der Waals surface area contributed by atoms with Crippen LogP contribution in [0, 0.1) is 0 Å². The summed E-state index contributed by atoms with van der Waals surface area (Å²) in [5.41, 5.74) is 0. The molecule has 0 unspecified atom stereocenters. The van der Waals surface area contributed by atoms with E-state index < -0.39 is 0 Å². The van der Waals surface area contributed by atoms with E-state index in [9.17, 15) is 0 Å². The van der Waals surface area contributed by atoms with E-state index in [0.29, 0.717) is 0 Å². The van der Waals surface area contributed by atoms with E-state index in [1.54, 1.807) is 0 Å². The molecule has 0 aromatic carbocycles. The van der Waals surface area contributed by atoms with Gasteiger partial charge < -0.3 is 0 Å². The lowest BCUT2D eigenvalue weighted by atomic mass is 10.1. The van der Waals surface area contributed by atoms with Gasteiger partial charge in [-0.25, -0.2) is 0 Å². The number of unbranched alkanes of at least 4 members (excludes halogenated alkanes) is 40. The molecule has 64 heavy (non-hydrogen) atoms. The molecule has 0 aliphatic rings. The fourth-order valence-corrected chi connectivity index (χ4v) is 6.83. The predicted octanol–water partition coefficient (Wildman–Crippen LogP) is 26.9. The van der Waals surface area contributed by atoms with Crippen LogP contribution in [0.2, 0.25) is 0 Å². The number of hydrogen-bond donors (Lipinski definition) is 0. The zero-order valence-electron chi connectivity index (χ0n) is 49.9. The van der Waals surface area contributed by atoms with E-state index in [-0.39, 0.29) is 0 Å². The SMILES string of the molecule is CCCCCCCC.CCCCCCCC.CCCCCCCC.CCCCCCCC.CCCCCCCC.CCCCCCCC.CCCCCCCC.CCCCCCCC. The predicted molar refractivity (Wildman–Crippen MR) is 312 cm³/mol. The van der Waals surface area contributed by atoms with Crippen molar-refractivity contribution in [2.24, 2.45) is 0 Å². The molecule has 0 amide bonds. The van der Waals surface area contributed by atoms with Crippen LogP contribution < -0.4 is 0 Å². The molecule has 0 N–H and O–H groups in total. The summed E-state index contributed by atoms with van der Waals surface area (Å²) >= 11 is 0. The summed E-state index contributed by atoms with van der Waals surface area (Å²) in [4.78, 5) is 0. The molecule has 0 aliphatic carbocycles. The first-order valence-corrected chi connectivity index (χ1v) is 31.3. The van der Waals surface area contributed by atoms with Crippen LogP contribution in [0.15, 0.2) is 0 Å². The number of rotatable bonds is 40. The van der Waals surface area contributed by atoms with E-state index in [0.717, 1.165) is 0 Å². The highest BCUT2D eigenvalue weighted by molar-refractivity contribution is 4.44. The lowest BCUT2D eigenvalue weighted by Gasteiger charge is -1.93. The van der Waals surface area contributed by atoms with Crippen molar-refractivity contribution in [2.75, 3.05) is 0 Å². The fourth-order valence-electron chi connectivity index (χ4n) is 6.83. The van der Waals surface area contributed by atoms with Gasteiger partial charge in [0, 0.05) is 0 Å². The highest BCUT2D eigenvalue weighted by Crippen LogP contribution is 2.08. The van der Waals surface area contributed by atoms with Gasteiger partial charge in [-0.05, 0) is 0 Å². The Morgan fingerprint density at radius 3 is 0.156 bits per heavy atom. The van der Waals surface area contributed by atoms with E-state index in [2.05, 4.69) is 111 Å². The van der Waals surface area contributed by atoms with Crippen molar-refractivity contribution in [2.45, 2.75) is 419 Å². The van der Waals surface area contributed by atoms with Crippen LogP contribution in [-0.2, 0) is 0 Å². The summed E-state index contributed by atoms with van der Waals surface area (Å²) in [6.07, 6.45) is 67.9. The van der Waals surface area contributed by atoms with Crippen molar-refractivity contribution in [3.63, 3.8) is 0 Å². The maximum atomic E-state index is 2.26. The van der Waals surface area contributed by atoms with Crippen molar-refractivity contribution >= 4 is 0 Å². The second kappa shape index (κ2) is 105. The quantitative estimate of drug-likeness (QED) is 0.0538. The first kappa shape index (κ1) is 81.0. The molecule has 0 atom stereocenters. The fraction of sp³-hybridized carbons (Fsp3) is 1.00. The van der Waals surface area contributed by atoms with Gasteiger partial charge >= 0.3 is 0 Å². The molecule has 400 valence electrons. The molecular weight excluding hydrogens is 769 g/mol. The van der Waals surface area contributed by atoms with Gasteiger partial charge in [0.2, 0.25) is 0 Å². The molecule has 0 saturated heterocycles. The average molecular weight is 914 g/mol. The van der Waals surface area contributed by atoms with Crippen LogP contribution in [0.4, 0.5) is 0 Å². The second-order valence-corrected chi connectivity index (χ2v) is 19.3. The van der Waals surface area contributed by atoms with Crippen molar-refractivity contribution in [3.05, 3.63) is 0 Å². The maximum absolute atomic E-state index is 2.26. The smallest absolute Gasteiger partial charge is 0.0533 e. The van der Waals surface area contributed by atoms with Crippen LogP contribution >= 0.6 is 0 Å². The maximum Gasteiger partial charge on any atom is -0.0533 e. The molecule has 0 aliphatic heterocycles. The Labute approximate surface area is 417 Å². The van der Waals surface area contributed by atoms with Crippen LogP contribution in [0.1, 0.15) is 419 Å². The standard InChI is InChI=1S/8C8H18/c8*1-3-5-7-8-6-4-2/h8*3-8H2,1-2H3. The minimum atomic E-state index is 1.36. The Hall–Kier alpha value is 0. The molecule has 0 fully saturated rings. The molecule has 0 radical (unpaired) electrons. The molecule has 0 heteroatoms. The summed E-state index contributed by atoms with van der Waals surface area (Å²) in [5, 5.41) is 0. The molecule has 0 spiro atoms. The first-order chi connectivity index (χ1) is 31.3. The second-order valence-electron chi connectivity index (χ2n) is 19.3. The highest BCUT2D eigenvalue weighted by atomic mass is 13.9. The minimum absolute atomic E-state index is 1.36. The van der Waals surface area contributed by atoms with Crippen molar-refractivity contribution < 1.29 is 0 Å². The van der Waals surface area contributed by atoms with Gasteiger partial charge in [0.05, 0.1) is 0 Å².